The quantitative estimate of drug-likeness (QED) is 0.692. The number of pyridine rings is 1. The monoisotopic (exact) mass is 166 g/mol. The summed E-state index contributed by atoms with van der Waals surface area (Å²) < 4.78 is 5.49. The zero-order valence-corrected chi connectivity index (χ0v) is 7.66. The standard InChI is InChI=1S/C9H14N2O/c1-9(2,3)12-8-5-4-7(10)6-11-8/h4-6H,10H2,1-3H3. The highest BCUT2D eigenvalue weighted by Gasteiger charge is 2.11. The number of aromatic nitrogens is 1. The molecule has 12 heavy (non-hydrogen) atoms. The van der Waals surface area contributed by atoms with Crippen molar-refractivity contribution >= 4 is 5.69 Å². The molecule has 0 aliphatic heterocycles. The van der Waals surface area contributed by atoms with Crippen LogP contribution in [0.15, 0.2) is 18.3 Å². The van der Waals surface area contributed by atoms with Gasteiger partial charge in [0.15, 0.2) is 0 Å². The number of nitrogens with zero attached hydrogens (tertiary/aromatic N) is 1. The van der Waals surface area contributed by atoms with Crippen molar-refractivity contribution in [3.63, 3.8) is 0 Å². The third-order valence-electron chi connectivity index (χ3n) is 1.17. The first-order chi connectivity index (χ1) is 5.47. The number of hydrogen-bond acceptors (Lipinski definition) is 3. The van der Waals surface area contributed by atoms with E-state index in [-0.39, 0.29) is 5.60 Å². The summed E-state index contributed by atoms with van der Waals surface area (Å²) in [6.45, 7) is 5.93. The van der Waals surface area contributed by atoms with E-state index in [1.54, 1.807) is 18.3 Å². The molecule has 2 N–H and O–H groups in total. The summed E-state index contributed by atoms with van der Waals surface area (Å²) in [6.07, 6.45) is 1.58. The van der Waals surface area contributed by atoms with Crippen molar-refractivity contribution in [2.75, 3.05) is 5.73 Å². The third-order valence-corrected chi connectivity index (χ3v) is 1.17. The van der Waals surface area contributed by atoms with Crippen LogP contribution in [0.5, 0.6) is 5.88 Å². The van der Waals surface area contributed by atoms with Gasteiger partial charge in [0.25, 0.3) is 0 Å². The van der Waals surface area contributed by atoms with Crippen LogP contribution >= 0.6 is 0 Å². The minimum atomic E-state index is -0.205. The molecule has 1 rings (SSSR count). The van der Waals surface area contributed by atoms with Crippen LogP contribution in [0.4, 0.5) is 5.69 Å². The van der Waals surface area contributed by atoms with Crippen LogP contribution in [0.2, 0.25) is 0 Å². The van der Waals surface area contributed by atoms with Crippen LogP contribution in [0.1, 0.15) is 20.8 Å². The van der Waals surface area contributed by atoms with Gasteiger partial charge in [-0.3, -0.25) is 0 Å². The van der Waals surface area contributed by atoms with Crippen molar-refractivity contribution in [3.8, 4) is 5.88 Å². The number of nitrogen functional groups attached to an aromatic ring is 1. The van der Waals surface area contributed by atoms with Gasteiger partial charge in [-0.05, 0) is 26.8 Å². The summed E-state index contributed by atoms with van der Waals surface area (Å²) in [5, 5.41) is 0. The van der Waals surface area contributed by atoms with Gasteiger partial charge in [-0.25, -0.2) is 4.98 Å². The van der Waals surface area contributed by atoms with Crippen molar-refractivity contribution in [3.05, 3.63) is 18.3 Å². The molecule has 0 bridgehead atoms. The second-order valence-electron chi connectivity index (χ2n) is 3.64. The van der Waals surface area contributed by atoms with E-state index in [2.05, 4.69) is 4.98 Å². The molecule has 3 heteroatoms. The molecule has 0 aromatic carbocycles. The predicted molar refractivity (Wildman–Crippen MR) is 49.0 cm³/mol. The first-order valence-corrected chi connectivity index (χ1v) is 3.88. The number of nitrogens with two attached hydrogens (primary N) is 1. The van der Waals surface area contributed by atoms with Crippen molar-refractivity contribution in [2.45, 2.75) is 26.4 Å². The molecule has 3 nitrogen and oxygen atoms in total. The van der Waals surface area contributed by atoms with Crippen LogP contribution in [-0.2, 0) is 0 Å². The topological polar surface area (TPSA) is 48.1 Å². The van der Waals surface area contributed by atoms with Gasteiger partial charge in [-0.15, -0.1) is 0 Å². The number of ether oxygens (including phenoxy) is 1. The van der Waals surface area contributed by atoms with E-state index in [0.29, 0.717) is 11.6 Å². The first kappa shape index (κ1) is 8.84. The van der Waals surface area contributed by atoms with Crippen LogP contribution in [-0.4, -0.2) is 10.6 Å². The number of rotatable bonds is 1. The number of hydrogen-bond donors (Lipinski definition) is 1. The lowest BCUT2D eigenvalue weighted by molar-refractivity contribution is 0.124. The van der Waals surface area contributed by atoms with Crippen LogP contribution in [0.25, 0.3) is 0 Å². The lowest BCUT2D eigenvalue weighted by Crippen LogP contribution is -2.23. The summed E-state index contributed by atoms with van der Waals surface area (Å²) in [4.78, 5) is 4.02. The molecule has 0 atom stereocenters. The van der Waals surface area contributed by atoms with Crippen molar-refractivity contribution in [1.29, 1.82) is 0 Å². The van der Waals surface area contributed by atoms with Gasteiger partial charge < -0.3 is 10.5 Å². The fraction of sp³-hybridized carbons (Fsp3) is 0.444. The van der Waals surface area contributed by atoms with Crippen LogP contribution in [0.3, 0.4) is 0 Å². The van der Waals surface area contributed by atoms with Gasteiger partial charge in [0, 0.05) is 6.07 Å². The minimum Gasteiger partial charge on any atom is -0.472 e. The molecule has 0 radical (unpaired) electrons. The Morgan fingerprint density at radius 2 is 2.00 bits per heavy atom. The minimum absolute atomic E-state index is 0.205. The van der Waals surface area contributed by atoms with Crippen molar-refractivity contribution in [1.82, 2.24) is 4.98 Å². The predicted octanol–water partition coefficient (Wildman–Crippen LogP) is 1.84. The van der Waals surface area contributed by atoms with Crippen molar-refractivity contribution < 1.29 is 4.74 Å². The molecule has 0 amide bonds. The van der Waals surface area contributed by atoms with Gasteiger partial charge in [-0.1, -0.05) is 0 Å². The third kappa shape index (κ3) is 2.78. The summed E-state index contributed by atoms with van der Waals surface area (Å²) in [7, 11) is 0. The normalized spacial score (nSPS) is 11.2. The maximum atomic E-state index is 5.49. The molecule has 0 saturated carbocycles. The van der Waals surface area contributed by atoms with E-state index >= 15 is 0 Å². The zero-order chi connectivity index (χ0) is 9.19. The molecule has 1 aromatic rings. The molecular formula is C9H14N2O. The lowest BCUT2D eigenvalue weighted by Gasteiger charge is -2.19. The Labute approximate surface area is 72.6 Å². The molecule has 0 spiro atoms. The average Bonchev–Trinajstić information content (AvgIpc) is 1.91. The molecule has 0 saturated heterocycles. The Morgan fingerprint density at radius 3 is 2.42 bits per heavy atom. The summed E-state index contributed by atoms with van der Waals surface area (Å²) in [5.74, 6) is 0.608. The Bertz CT molecular complexity index is 248. The smallest absolute Gasteiger partial charge is 0.213 e. The van der Waals surface area contributed by atoms with Crippen LogP contribution in [0, 0.1) is 0 Å². The van der Waals surface area contributed by atoms with E-state index in [9.17, 15) is 0 Å². The van der Waals surface area contributed by atoms with Gasteiger partial charge in [-0.2, -0.15) is 0 Å². The molecule has 0 fully saturated rings. The SMILES string of the molecule is CC(C)(C)Oc1ccc(N)cn1. The molecule has 1 aromatic heterocycles. The van der Waals surface area contributed by atoms with Crippen molar-refractivity contribution in [2.24, 2.45) is 0 Å². The van der Waals surface area contributed by atoms with Gasteiger partial charge in [0.1, 0.15) is 5.60 Å². The average molecular weight is 166 g/mol. The fourth-order valence-electron chi connectivity index (χ4n) is 0.766. The molecular weight excluding hydrogens is 152 g/mol. The Balaban J connectivity index is 2.71. The van der Waals surface area contributed by atoms with Gasteiger partial charge in [0.05, 0.1) is 11.9 Å². The first-order valence-electron chi connectivity index (χ1n) is 3.88. The lowest BCUT2D eigenvalue weighted by atomic mass is 10.2. The molecule has 0 aliphatic carbocycles. The molecule has 0 unspecified atom stereocenters. The summed E-state index contributed by atoms with van der Waals surface area (Å²) >= 11 is 0. The Hall–Kier alpha value is -1.25. The van der Waals surface area contributed by atoms with Gasteiger partial charge >= 0.3 is 0 Å². The Morgan fingerprint density at radius 1 is 1.33 bits per heavy atom. The van der Waals surface area contributed by atoms with E-state index < -0.39 is 0 Å². The second-order valence-corrected chi connectivity index (χ2v) is 3.64. The highest BCUT2D eigenvalue weighted by atomic mass is 16.5. The summed E-state index contributed by atoms with van der Waals surface area (Å²) in [6, 6.07) is 3.54. The van der Waals surface area contributed by atoms with E-state index in [0.717, 1.165) is 0 Å². The zero-order valence-electron chi connectivity index (χ0n) is 7.66. The van der Waals surface area contributed by atoms with E-state index in [1.165, 1.54) is 0 Å². The maximum Gasteiger partial charge on any atom is 0.213 e. The Kier molecular flexibility index (Phi) is 2.22. The molecule has 1 heterocycles. The molecule has 66 valence electrons. The largest absolute Gasteiger partial charge is 0.472 e. The maximum absolute atomic E-state index is 5.49. The van der Waals surface area contributed by atoms with E-state index in [4.69, 9.17) is 10.5 Å². The van der Waals surface area contributed by atoms with E-state index in [1.807, 2.05) is 20.8 Å². The second kappa shape index (κ2) is 3.01. The highest BCUT2D eigenvalue weighted by Crippen LogP contribution is 2.15. The van der Waals surface area contributed by atoms with Gasteiger partial charge in [0.2, 0.25) is 5.88 Å². The number of anilines is 1. The van der Waals surface area contributed by atoms with Crippen LogP contribution < -0.4 is 10.5 Å². The summed E-state index contributed by atoms with van der Waals surface area (Å²) in [5.41, 5.74) is 5.92. The fourth-order valence-corrected chi connectivity index (χ4v) is 0.766. The highest BCUT2D eigenvalue weighted by molar-refractivity contribution is 5.36. The molecule has 0 aliphatic rings.